The Hall–Kier alpha value is -1.87. The van der Waals surface area contributed by atoms with E-state index in [-0.39, 0.29) is 0 Å². The van der Waals surface area contributed by atoms with Gasteiger partial charge in [0.05, 0.1) is 16.8 Å². The zero-order chi connectivity index (χ0) is 13.9. The van der Waals surface area contributed by atoms with Crippen molar-refractivity contribution in [3.05, 3.63) is 59.1 Å². The molecule has 0 aliphatic rings. The van der Waals surface area contributed by atoms with E-state index in [1.54, 1.807) is 11.3 Å². The molecule has 3 rings (SSSR count). The molecule has 102 valence electrons. The first-order chi connectivity index (χ1) is 9.72. The number of anilines is 1. The molecule has 0 unspecified atom stereocenters. The molecule has 2 aromatic carbocycles. The van der Waals surface area contributed by atoms with Crippen LogP contribution in [0.1, 0.15) is 30.3 Å². The van der Waals surface area contributed by atoms with Crippen LogP contribution in [0.25, 0.3) is 10.2 Å². The van der Waals surface area contributed by atoms with E-state index in [0.717, 1.165) is 22.8 Å². The zero-order valence-corrected chi connectivity index (χ0v) is 12.6. The molecular weight excluding hydrogens is 264 g/mol. The van der Waals surface area contributed by atoms with Gasteiger partial charge in [-0.05, 0) is 35.7 Å². The number of nitrogens with zero attached hydrogens (tertiary/aromatic N) is 1. The fourth-order valence-corrected chi connectivity index (χ4v) is 3.09. The molecule has 1 N–H and O–H groups in total. The van der Waals surface area contributed by atoms with Crippen molar-refractivity contribution in [2.24, 2.45) is 0 Å². The maximum Gasteiger partial charge on any atom is 0.113 e. The normalized spacial score (nSPS) is 11.2. The minimum absolute atomic E-state index is 0.555. The first-order valence-electron chi connectivity index (χ1n) is 6.90. The molecule has 20 heavy (non-hydrogen) atoms. The number of para-hydroxylation sites is 1. The Morgan fingerprint density at radius 1 is 1.10 bits per heavy atom. The highest BCUT2D eigenvalue weighted by atomic mass is 32.1. The van der Waals surface area contributed by atoms with Crippen molar-refractivity contribution < 1.29 is 0 Å². The lowest BCUT2D eigenvalue weighted by atomic mass is 10.0. The largest absolute Gasteiger partial charge is 0.379 e. The average Bonchev–Trinajstić information content (AvgIpc) is 2.88. The van der Waals surface area contributed by atoms with Gasteiger partial charge < -0.3 is 5.32 Å². The molecule has 0 aliphatic heterocycles. The number of hydrogen-bond donors (Lipinski definition) is 1. The molecule has 0 saturated carbocycles. The molecule has 0 amide bonds. The highest BCUT2D eigenvalue weighted by molar-refractivity contribution is 7.18. The third-order valence-corrected chi connectivity index (χ3v) is 4.37. The van der Waals surface area contributed by atoms with E-state index in [2.05, 4.69) is 66.6 Å². The number of fused-ring (bicyclic) bond motifs is 1. The molecule has 0 atom stereocenters. The molecule has 1 heterocycles. The van der Waals surface area contributed by atoms with Crippen molar-refractivity contribution in [1.29, 1.82) is 0 Å². The Bertz CT molecular complexity index is 683. The van der Waals surface area contributed by atoms with Crippen molar-refractivity contribution in [3.8, 4) is 0 Å². The number of rotatable bonds is 4. The van der Waals surface area contributed by atoms with Gasteiger partial charge in [-0.15, -0.1) is 11.3 Å². The van der Waals surface area contributed by atoms with Crippen LogP contribution in [0.4, 0.5) is 5.69 Å². The zero-order valence-electron chi connectivity index (χ0n) is 11.8. The van der Waals surface area contributed by atoms with Gasteiger partial charge in [0, 0.05) is 5.69 Å². The highest BCUT2D eigenvalue weighted by Crippen LogP contribution is 2.23. The van der Waals surface area contributed by atoms with Crippen LogP contribution in [-0.2, 0) is 6.54 Å². The van der Waals surface area contributed by atoms with Gasteiger partial charge in [0.2, 0.25) is 0 Å². The lowest BCUT2D eigenvalue weighted by Gasteiger charge is -2.09. The summed E-state index contributed by atoms with van der Waals surface area (Å²) in [6.45, 7) is 5.21. The van der Waals surface area contributed by atoms with E-state index in [1.165, 1.54) is 10.3 Å². The van der Waals surface area contributed by atoms with Crippen LogP contribution in [0, 0.1) is 0 Å². The smallest absolute Gasteiger partial charge is 0.113 e. The summed E-state index contributed by atoms with van der Waals surface area (Å²) in [6.07, 6.45) is 0. The standard InChI is InChI=1S/C17H18N2S/c1-12(2)13-6-5-7-14(10-13)18-11-17-19-15-8-3-4-9-16(15)20-17/h3-10,12,18H,11H2,1-2H3. The molecule has 3 aromatic rings. The lowest BCUT2D eigenvalue weighted by Crippen LogP contribution is -1.99. The Morgan fingerprint density at radius 3 is 2.75 bits per heavy atom. The monoisotopic (exact) mass is 282 g/mol. The molecule has 2 nitrogen and oxygen atoms in total. The van der Waals surface area contributed by atoms with Gasteiger partial charge in [-0.25, -0.2) is 4.98 Å². The van der Waals surface area contributed by atoms with Crippen molar-refractivity contribution >= 4 is 27.2 Å². The summed E-state index contributed by atoms with van der Waals surface area (Å²) in [5.74, 6) is 0.555. The van der Waals surface area contributed by atoms with Crippen LogP contribution >= 0.6 is 11.3 Å². The van der Waals surface area contributed by atoms with Crippen molar-refractivity contribution in [2.45, 2.75) is 26.3 Å². The predicted octanol–water partition coefficient (Wildman–Crippen LogP) is 5.03. The van der Waals surface area contributed by atoms with Crippen LogP contribution < -0.4 is 5.32 Å². The molecular formula is C17H18N2S. The van der Waals surface area contributed by atoms with Gasteiger partial charge in [0.1, 0.15) is 5.01 Å². The number of hydrogen-bond acceptors (Lipinski definition) is 3. The topological polar surface area (TPSA) is 24.9 Å². The summed E-state index contributed by atoms with van der Waals surface area (Å²) >= 11 is 1.75. The van der Waals surface area contributed by atoms with Gasteiger partial charge in [-0.1, -0.05) is 38.1 Å². The number of aromatic nitrogens is 1. The summed E-state index contributed by atoms with van der Waals surface area (Å²) in [5.41, 5.74) is 3.61. The van der Waals surface area contributed by atoms with Crippen LogP contribution in [-0.4, -0.2) is 4.98 Å². The SMILES string of the molecule is CC(C)c1cccc(NCc2nc3ccccc3s2)c1. The summed E-state index contributed by atoms with van der Waals surface area (Å²) in [4.78, 5) is 4.64. The van der Waals surface area contributed by atoms with Crippen molar-refractivity contribution in [2.75, 3.05) is 5.32 Å². The Balaban J connectivity index is 1.74. The number of nitrogens with one attached hydrogen (secondary N) is 1. The first-order valence-corrected chi connectivity index (χ1v) is 7.72. The molecule has 0 aliphatic carbocycles. The molecule has 0 bridgehead atoms. The minimum atomic E-state index is 0.555. The number of thiazole rings is 1. The average molecular weight is 282 g/mol. The first kappa shape index (κ1) is 13.1. The molecule has 0 spiro atoms. The summed E-state index contributed by atoms with van der Waals surface area (Å²) in [7, 11) is 0. The summed E-state index contributed by atoms with van der Waals surface area (Å²) in [6, 6.07) is 16.9. The van der Waals surface area contributed by atoms with Gasteiger partial charge in [-0.2, -0.15) is 0 Å². The van der Waals surface area contributed by atoms with E-state index < -0.39 is 0 Å². The molecule has 0 saturated heterocycles. The third kappa shape index (κ3) is 2.83. The van der Waals surface area contributed by atoms with Crippen LogP contribution in [0.3, 0.4) is 0 Å². The fraction of sp³-hybridized carbons (Fsp3) is 0.235. The number of benzene rings is 2. The Morgan fingerprint density at radius 2 is 1.95 bits per heavy atom. The molecule has 0 fully saturated rings. The maximum absolute atomic E-state index is 4.64. The van der Waals surface area contributed by atoms with E-state index in [0.29, 0.717) is 5.92 Å². The van der Waals surface area contributed by atoms with E-state index in [9.17, 15) is 0 Å². The lowest BCUT2D eigenvalue weighted by molar-refractivity contribution is 0.866. The van der Waals surface area contributed by atoms with Crippen LogP contribution in [0.5, 0.6) is 0 Å². The van der Waals surface area contributed by atoms with Crippen molar-refractivity contribution in [3.63, 3.8) is 0 Å². The van der Waals surface area contributed by atoms with Crippen LogP contribution in [0.15, 0.2) is 48.5 Å². The van der Waals surface area contributed by atoms with Gasteiger partial charge in [0.15, 0.2) is 0 Å². The van der Waals surface area contributed by atoms with Crippen molar-refractivity contribution in [1.82, 2.24) is 4.98 Å². The summed E-state index contributed by atoms with van der Waals surface area (Å²) < 4.78 is 1.25. The fourth-order valence-electron chi connectivity index (χ4n) is 2.18. The van der Waals surface area contributed by atoms with Gasteiger partial charge >= 0.3 is 0 Å². The second kappa shape index (κ2) is 5.63. The highest BCUT2D eigenvalue weighted by Gasteiger charge is 2.04. The summed E-state index contributed by atoms with van der Waals surface area (Å²) in [5, 5.41) is 4.59. The Labute approximate surface area is 123 Å². The van der Waals surface area contributed by atoms with E-state index >= 15 is 0 Å². The minimum Gasteiger partial charge on any atom is -0.379 e. The van der Waals surface area contributed by atoms with E-state index in [4.69, 9.17) is 0 Å². The van der Waals surface area contributed by atoms with Crippen LogP contribution in [0.2, 0.25) is 0 Å². The van der Waals surface area contributed by atoms with Gasteiger partial charge in [0.25, 0.3) is 0 Å². The van der Waals surface area contributed by atoms with E-state index in [1.807, 2.05) is 6.07 Å². The predicted molar refractivity (Wildman–Crippen MR) is 87.5 cm³/mol. The van der Waals surface area contributed by atoms with Gasteiger partial charge in [-0.3, -0.25) is 0 Å². The molecule has 1 aromatic heterocycles. The maximum atomic E-state index is 4.64. The quantitative estimate of drug-likeness (QED) is 0.725. The molecule has 0 radical (unpaired) electrons. The second-order valence-corrected chi connectivity index (χ2v) is 6.32. The second-order valence-electron chi connectivity index (χ2n) is 5.21. The molecule has 3 heteroatoms. The Kier molecular flexibility index (Phi) is 3.70. The third-order valence-electron chi connectivity index (χ3n) is 3.34.